The molecule has 188 valence electrons. The van der Waals surface area contributed by atoms with E-state index in [4.69, 9.17) is 20.8 Å². The molecule has 5 rings (SSSR count). The summed E-state index contributed by atoms with van der Waals surface area (Å²) in [5, 5.41) is 22.5. The number of aliphatic hydroxyl groups excluding tert-OH is 1. The summed E-state index contributed by atoms with van der Waals surface area (Å²) in [6.45, 7) is 3.85. The molecule has 37 heavy (non-hydrogen) atoms. The van der Waals surface area contributed by atoms with Crippen LogP contribution >= 0.6 is 27.5 Å². The van der Waals surface area contributed by atoms with Crippen molar-refractivity contribution in [2.75, 3.05) is 11.5 Å². The van der Waals surface area contributed by atoms with Gasteiger partial charge in [0.15, 0.2) is 23.0 Å². The second-order valence-electron chi connectivity index (χ2n) is 8.55. The number of rotatable bonds is 6. The van der Waals surface area contributed by atoms with E-state index in [0.717, 1.165) is 4.47 Å². The lowest BCUT2D eigenvalue weighted by Crippen LogP contribution is -2.31. The minimum atomic E-state index is -1.03. The van der Waals surface area contributed by atoms with E-state index in [1.807, 2.05) is 0 Å². The third-order valence-corrected chi connectivity index (χ3v) is 6.90. The number of carbonyl (C=O) groups is 2. The molecule has 0 aliphatic carbocycles. The largest absolute Gasteiger partial charge is 0.504 e. The second-order valence-corrected chi connectivity index (χ2v) is 9.90. The monoisotopic (exact) mass is 581 g/mol. The number of aliphatic hydroxyl groups is 1. The first-order chi connectivity index (χ1) is 17.7. The Balaban J connectivity index is 1.69. The molecule has 0 radical (unpaired) electrons. The first-order valence-electron chi connectivity index (χ1n) is 11.4. The number of fused-ring (bicyclic) bond motifs is 1. The molecule has 4 aromatic rings. The average Bonchev–Trinajstić information content (AvgIpc) is 3.39. The van der Waals surface area contributed by atoms with Crippen molar-refractivity contribution in [1.82, 2.24) is 0 Å². The minimum absolute atomic E-state index is 0.0223. The predicted molar refractivity (Wildman–Crippen MR) is 144 cm³/mol. The molecule has 1 unspecified atom stereocenters. The highest BCUT2D eigenvalue weighted by molar-refractivity contribution is 9.10. The lowest BCUT2D eigenvalue weighted by atomic mass is 9.94. The molecule has 0 fully saturated rings. The molecule has 7 nitrogen and oxygen atoms in total. The van der Waals surface area contributed by atoms with E-state index >= 15 is 0 Å². The van der Waals surface area contributed by atoms with E-state index in [1.54, 1.807) is 68.4 Å². The number of benzene rings is 3. The molecule has 3 aromatic carbocycles. The van der Waals surface area contributed by atoms with Crippen molar-refractivity contribution in [1.29, 1.82) is 0 Å². The van der Waals surface area contributed by atoms with Crippen molar-refractivity contribution in [2.45, 2.75) is 19.9 Å². The minimum Gasteiger partial charge on any atom is -0.504 e. The van der Waals surface area contributed by atoms with Gasteiger partial charge in [-0.15, -0.1) is 0 Å². The number of carbonyl (C=O) groups excluding carboxylic acids is 2. The van der Waals surface area contributed by atoms with E-state index in [1.165, 1.54) is 11.0 Å². The molecule has 0 saturated carbocycles. The van der Waals surface area contributed by atoms with Crippen LogP contribution in [0, 0.1) is 6.92 Å². The Morgan fingerprint density at radius 1 is 1.11 bits per heavy atom. The van der Waals surface area contributed by atoms with Gasteiger partial charge in [-0.3, -0.25) is 14.5 Å². The number of anilines is 1. The number of hydrogen-bond acceptors (Lipinski definition) is 6. The number of halogens is 2. The number of aromatic hydroxyl groups is 1. The third-order valence-electron chi connectivity index (χ3n) is 6.17. The smallest absolute Gasteiger partial charge is 0.294 e. The topological polar surface area (TPSA) is 100 Å². The Morgan fingerprint density at radius 3 is 2.62 bits per heavy atom. The molecule has 0 spiro atoms. The van der Waals surface area contributed by atoms with Gasteiger partial charge in [0.05, 0.1) is 18.2 Å². The van der Waals surface area contributed by atoms with Gasteiger partial charge in [-0.1, -0.05) is 33.6 Å². The fraction of sp³-hybridized carbons (Fsp3) is 0.143. The van der Waals surface area contributed by atoms with Crippen molar-refractivity contribution in [2.24, 2.45) is 0 Å². The Kier molecular flexibility index (Phi) is 6.47. The fourth-order valence-electron chi connectivity index (χ4n) is 4.52. The van der Waals surface area contributed by atoms with Crippen LogP contribution in [0.3, 0.4) is 0 Å². The van der Waals surface area contributed by atoms with Crippen LogP contribution in [0.5, 0.6) is 11.5 Å². The molecule has 2 N–H and O–H groups in total. The van der Waals surface area contributed by atoms with Crippen molar-refractivity contribution >= 4 is 55.9 Å². The van der Waals surface area contributed by atoms with Crippen LogP contribution in [0.1, 0.15) is 34.6 Å². The molecular formula is C28H21BrClNO6. The van der Waals surface area contributed by atoms with Crippen LogP contribution in [-0.4, -0.2) is 28.5 Å². The molecule has 1 aromatic heterocycles. The van der Waals surface area contributed by atoms with E-state index in [-0.39, 0.29) is 22.8 Å². The van der Waals surface area contributed by atoms with Crippen LogP contribution in [0.25, 0.3) is 11.0 Å². The molecule has 0 bridgehead atoms. The van der Waals surface area contributed by atoms with Gasteiger partial charge in [0.1, 0.15) is 5.58 Å². The predicted octanol–water partition coefficient (Wildman–Crippen LogP) is 7.04. The summed E-state index contributed by atoms with van der Waals surface area (Å²) in [4.78, 5) is 28.7. The normalized spacial score (nSPS) is 15.6. The SMILES string of the molecule is CCOc1cc(C2C(C(=O)c3cc4cc(Br)ccc4o3)=C(O)C(=O)N2c2ccc(Cl)cc2C)ccc1O. The molecular weight excluding hydrogens is 562 g/mol. The molecule has 0 saturated heterocycles. The van der Waals surface area contributed by atoms with Crippen LogP contribution in [-0.2, 0) is 4.79 Å². The zero-order valence-corrected chi connectivity index (χ0v) is 22.1. The van der Waals surface area contributed by atoms with Gasteiger partial charge in [-0.25, -0.2) is 0 Å². The highest BCUT2D eigenvalue weighted by Crippen LogP contribution is 2.45. The number of phenols is 1. The van der Waals surface area contributed by atoms with Crippen LogP contribution in [0.2, 0.25) is 5.02 Å². The second kappa shape index (κ2) is 9.61. The van der Waals surface area contributed by atoms with E-state index in [2.05, 4.69) is 15.9 Å². The summed E-state index contributed by atoms with van der Waals surface area (Å²) in [5.41, 5.74) is 1.93. The van der Waals surface area contributed by atoms with Gasteiger partial charge < -0.3 is 19.4 Å². The quantitative estimate of drug-likeness (QED) is 0.237. The zero-order chi connectivity index (χ0) is 26.4. The van der Waals surface area contributed by atoms with Gasteiger partial charge >= 0.3 is 0 Å². The lowest BCUT2D eigenvalue weighted by Gasteiger charge is -2.28. The van der Waals surface area contributed by atoms with Gasteiger partial charge in [-0.05, 0) is 79.6 Å². The zero-order valence-electron chi connectivity index (χ0n) is 19.8. The average molecular weight is 583 g/mol. The summed E-state index contributed by atoms with van der Waals surface area (Å²) in [7, 11) is 0. The number of amides is 1. The van der Waals surface area contributed by atoms with Crippen molar-refractivity contribution in [3.05, 3.63) is 98.4 Å². The summed E-state index contributed by atoms with van der Waals surface area (Å²) in [6, 6.07) is 15.4. The van der Waals surface area contributed by atoms with Gasteiger partial charge in [0.25, 0.3) is 5.91 Å². The number of nitrogens with zero attached hydrogens (tertiary/aromatic N) is 1. The van der Waals surface area contributed by atoms with Crippen LogP contribution in [0.15, 0.2) is 80.9 Å². The van der Waals surface area contributed by atoms with E-state index in [0.29, 0.717) is 39.4 Å². The Hall–Kier alpha value is -3.75. The third kappa shape index (κ3) is 4.36. The first kappa shape index (κ1) is 24.9. The standard InChI is InChI=1S/C28H21BrClNO6/c1-3-36-22-12-15(4-8-20(22)32)25-24(26(33)23-13-16-11-17(29)5-9-21(16)37-23)27(34)28(35)31(25)19-7-6-18(30)10-14(19)2/h4-13,25,32,34H,3H2,1-2H3. The molecule has 1 amide bonds. The van der Waals surface area contributed by atoms with Crippen molar-refractivity contribution in [3.8, 4) is 11.5 Å². The lowest BCUT2D eigenvalue weighted by molar-refractivity contribution is -0.117. The maximum absolute atomic E-state index is 13.8. The van der Waals surface area contributed by atoms with Gasteiger partial charge in [-0.2, -0.15) is 0 Å². The molecule has 2 heterocycles. The maximum atomic E-state index is 13.8. The number of furan rings is 1. The number of ether oxygens (including phenoxy) is 1. The number of Topliss-reactive ketones (excluding diaryl/α,β-unsaturated/α-hetero) is 1. The number of hydrogen-bond donors (Lipinski definition) is 2. The fourth-order valence-corrected chi connectivity index (χ4v) is 5.13. The molecule has 9 heteroatoms. The number of aryl methyl sites for hydroxylation is 1. The first-order valence-corrected chi connectivity index (χ1v) is 12.6. The summed E-state index contributed by atoms with van der Waals surface area (Å²) < 4.78 is 12.2. The molecule has 1 atom stereocenters. The Labute approximate surface area is 225 Å². The highest BCUT2D eigenvalue weighted by Gasteiger charge is 2.46. The summed E-state index contributed by atoms with van der Waals surface area (Å²) in [5.74, 6) is -1.99. The summed E-state index contributed by atoms with van der Waals surface area (Å²) in [6.07, 6.45) is 0. The van der Waals surface area contributed by atoms with Crippen molar-refractivity contribution in [3.63, 3.8) is 0 Å². The van der Waals surface area contributed by atoms with Gasteiger partial charge in [0, 0.05) is 20.6 Å². The maximum Gasteiger partial charge on any atom is 0.294 e. The summed E-state index contributed by atoms with van der Waals surface area (Å²) >= 11 is 9.55. The molecule has 1 aliphatic heterocycles. The number of ketones is 1. The Bertz CT molecular complexity index is 1610. The van der Waals surface area contributed by atoms with Crippen molar-refractivity contribution < 1.29 is 29.0 Å². The van der Waals surface area contributed by atoms with E-state index < -0.39 is 23.5 Å². The Morgan fingerprint density at radius 2 is 1.89 bits per heavy atom. The highest BCUT2D eigenvalue weighted by atomic mass is 79.9. The van der Waals surface area contributed by atoms with Crippen LogP contribution < -0.4 is 9.64 Å². The number of phenolic OH excluding ortho intramolecular Hbond substituents is 1. The van der Waals surface area contributed by atoms with Crippen LogP contribution in [0.4, 0.5) is 5.69 Å². The van der Waals surface area contributed by atoms with E-state index in [9.17, 15) is 19.8 Å². The molecule has 1 aliphatic rings. The van der Waals surface area contributed by atoms with Gasteiger partial charge in [0.2, 0.25) is 5.78 Å².